The Labute approximate surface area is 108 Å². The van der Waals surface area contributed by atoms with Crippen molar-refractivity contribution in [1.82, 2.24) is 5.32 Å². The molecule has 18 heavy (non-hydrogen) atoms. The first-order chi connectivity index (χ1) is 8.00. The van der Waals surface area contributed by atoms with Crippen LogP contribution in [0.2, 0.25) is 0 Å². The molecule has 0 spiro atoms. The van der Waals surface area contributed by atoms with Crippen LogP contribution in [0, 0.1) is 5.92 Å². The molecule has 0 aromatic carbocycles. The summed E-state index contributed by atoms with van der Waals surface area (Å²) in [5.41, 5.74) is 0. The molecule has 1 N–H and O–H groups in total. The Bertz CT molecular complexity index is 263. The van der Waals surface area contributed by atoms with Gasteiger partial charge in [-0.15, -0.1) is 0 Å². The molecular formula is C9H12BrF6NO. The molecule has 0 aromatic heterocycles. The molecule has 0 aliphatic rings. The highest BCUT2D eigenvalue weighted by atomic mass is 79.9. The topological polar surface area (TPSA) is 29.1 Å². The summed E-state index contributed by atoms with van der Waals surface area (Å²) in [6.45, 7) is 1.54. The Balaban J connectivity index is 4.52. The van der Waals surface area contributed by atoms with Gasteiger partial charge >= 0.3 is 12.4 Å². The van der Waals surface area contributed by atoms with Gasteiger partial charge in [0.2, 0.25) is 11.8 Å². The highest BCUT2D eigenvalue weighted by Crippen LogP contribution is 2.39. The van der Waals surface area contributed by atoms with Gasteiger partial charge in [-0.25, -0.2) is 0 Å². The Morgan fingerprint density at radius 3 is 1.94 bits per heavy atom. The Morgan fingerprint density at radius 2 is 1.61 bits per heavy atom. The minimum Gasteiger partial charge on any atom is -0.355 e. The van der Waals surface area contributed by atoms with Gasteiger partial charge in [-0.05, 0) is 12.8 Å². The maximum Gasteiger partial charge on any atom is 0.409 e. The largest absolute Gasteiger partial charge is 0.409 e. The van der Waals surface area contributed by atoms with E-state index >= 15 is 0 Å². The first-order valence-electron chi connectivity index (χ1n) is 5.05. The number of rotatable bonds is 5. The number of carbonyl (C=O) groups excluding carboxylic acids is 1. The number of hydrogen-bond donors (Lipinski definition) is 1. The minimum absolute atomic E-state index is 0.0620. The summed E-state index contributed by atoms with van der Waals surface area (Å²) < 4.78 is 72.8. The molecule has 9 heteroatoms. The van der Waals surface area contributed by atoms with Gasteiger partial charge < -0.3 is 5.32 Å². The Morgan fingerprint density at radius 1 is 1.17 bits per heavy atom. The zero-order valence-corrected chi connectivity index (χ0v) is 10.9. The van der Waals surface area contributed by atoms with E-state index in [1.165, 1.54) is 0 Å². The van der Waals surface area contributed by atoms with Crippen molar-refractivity contribution in [2.24, 2.45) is 5.92 Å². The van der Waals surface area contributed by atoms with E-state index in [2.05, 4.69) is 15.9 Å². The molecule has 0 saturated heterocycles. The number of halogens is 7. The van der Waals surface area contributed by atoms with Gasteiger partial charge in [0, 0.05) is 11.4 Å². The van der Waals surface area contributed by atoms with E-state index < -0.39 is 24.2 Å². The summed E-state index contributed by atoms with van der Waals surface area (Å²) in [6.07, 6.45) is -10.4. The number of carbonyl (C=O) groups is 1. The zero-order valence-electron chi connectivity index (χ0n) is 9.33. The van der Waals surface area contributed by atoms with Gasteiger partial charge in [-0.3, -0.25) is 4.79 Å². The molecule has 0 heterocycles. The SMILES string of the molecule is CCC(Br)CCNC(=O)C(C(F)(F)F)C(F)(F)F. The maximum absolute atomic E-state index is 12.1. The van der Waals surface area contributed by atoms with Crippen molar-refractivity contribution < 1.29 is 31.1 Å². The van der Waals surface area contributed by atoms with Crippen LogP contribution < -0.4 is 5.32 Å². The van der Waals surface area contributed by atoms with Crippen LogP contribution in [-0.4, -0.2) is 29.6 Å². The summed E-state index contributed by atoms with van der Waals surface area (Å²) in [5, 5.41) is 1.65. The second kappa shape index (κ2) is 6.63. The predicted octanol–water partition coefficient (Wildman–Crippen LogP) is 3.41. The number of hydrogen-bond acceptors (Lipinski definition) is 1. The smallest absolute Gasteiger partial charge is 0.355 e. The average Bonchev–Trinajstić information content (AvgIpc) is 2.12. The van der Waals surface area contributed by atoms with E-state index in [9.17, 15) is 31.1 Å². The maximum atomic E-state index is 12.1. The molecule has 1 atom stereocenters. The van der Waals surface area contributed by atoms with E-state index in [-0.39, 0.29) is 17.8 Å². The molecule has 0 rings (SSSR count). The molecule has 0 saturated carbocycles. The summed E-state index contributed by atoms with van der Waals surface area (Å²) >= 11 is 3.15. The first-order valence-corrected chi connectivity index (χ1v) is 5.97. The quantitative estimate of drug-likeness (QED) is 0.601. The van der Waals surface area contributed by atoms with Crippen LogP contribution >= 0.6 is 15.9 Å². The van der Waals surface area contributed by atoms with Gasteiger partial charge in [0.15, 0.2) is 0 Å². The van der Waals surface area contributed by atoms with Crippen molar-refractivity contribution in [3.8, 4) is 0 Å². The van der Waals surface area contributed by atoms with Crippen LogP contribution in [0.3, 0.4) is 0 Å². The molecule has 0 aliphatic heterocycles. The fraction of sp³-hybridized carbons (Fsp3) is 0.889. The monoisotopic (exact) mass is 343 g/mol. The second-order valence-corrected chi connectivity index (χ2v) is 4.90. The third-order valence-electron chi connectivity index (χ3n) is 2.12. The zero-order chi connectivity index (χ0) is 14.6. The Hall–Kier alpha value is -0.470. The van der Waals surface area contributed by atoms with E-state index in [4.69, 9.17) is 0 Å². The summed E-state index contributed by atoms with van der Waals surface area (Å²) in [5.74, 6) is -6.04. The molecule has 0 fully saturated rings. The highest BCUT2D eigenvalue weighted by molar-refractivity contribution is 9.09. The summed E-state index contributed by atoms with van der Waals surface area (Å²) in [4.78, 5) is 10.9. The first kappa shape index (κ1) is 17.5. The Kier molecular flexibility index (Phi) is 6.45. The van der Waals surface area contributed by atoms with Crippen LogP contribution in [0.15, 0.2) is 0 Å². The van der Waals surface area contributed by atoms with Gasteiger partial charge in [0.05, 0.1) is 0 Å². The fourth-order valence-corrected chi connectivity index (χ4v) is 1.37. The lowest BCUT2D eigenvalue weighted by atomic mass is 10.1. The molecule has 0 aliphatic carbocycles. The van der Waals surface area contributed by atoms with Gasteiger partial charge in [0.1, 0.15) is 0 Å². The van der Waals surface area contributed by atoms with Crippen molar-refractivity contribution in [2.75, 3.05) is 6.54 Å². The molecule has 0 radical (unpaired) electrons. The molecule has 1 unspecified atom stereocenters. The van der Waals surface area contributed by atoms with Gasteiger partial charge in [0.25, 0.3) is 0 Å². The fourth-order valence-electron chi connectivity index (χ4n) is 1.14. The van der Waals surface area contributed by atoms with Crippen molar-refractivity contribution in [3.63, 3.8) is 0 Å². The third kappa shape index (κ3) is 5.92. The molecule has 0 bridgehead atoms. The lowest BCUT2D eigenvalue weighted by Gasteiger charge is -2.22. The lowest BCUT2D eigenvalue weighted by molar-refractivity contribution is -0.274. The molecule has 0 aromatic rings. The third-order valence-corrected chi connectivity index (χ3v) is 3.22. The average molecular weight is 344 g/mol. The van der Waals surface area contributed by atoms with Crippen molar-refractivity contribution in [1.29, 1.82) is 0 Å². The number of amides is 1. The normalized spacial score (nSPS) is 14.7. The van der Waals surface area contributed by atoms with Crippen LogP contribution in [0.25, 0.3) is 0 Å². The minimum atomic E-state index is -5.64. The summed E-state index contributed by atoms with van der Waals surface area (Å²) in [7, 11) is 0. The van der Waals surface area contributed by atoms with Gasteiger partial charge in [-0.1, -0.05) is 22.9 Å². The van der Waals surface area contributed by atoms with Gasteiger partial charge in [-0.2, -0.15) is 26.3 Å². The van der Waals surface area contributed by atoms with Crippen LogP contribution in [-0.2, 0) is 4.79 Å². The van der Waals surface area contributed by atoms with Crippen LogP contribution in [0.4, 0.5) is 26.3 Å². The van der Waals surface area contributed by atoms with E-state index in [0.717, 1.165) is 0 Å². The van der Waals surface area contributed by atoms with Crippen molar-refractivity contribution >= 4 is 21.8 Å². The standard InChI is InChI=1S/C9H12BrF6NO/c1-2-5(10)3-4-17-7(18)6(8(11,12)13)9(14,15)16/h5-6H,2-4H2,1H3,(H,17,18). The summed E-state index contributed by atoms with van der Waals surface area (Å²) in [6, 6.07) is 0. The number of alkyl halides is 7. The number of nitrogens with one attached hydrogen (secondary N) is 1. The van der Waals surface area contributed by atoms with Crippen LogP contribution in [0.5, 0.6) is 0 Å². The molecule has 108 valence electrons. The van der Waals surface area contributed by atoms with E-state index in [1.54, 1.807) is 12.2 Å². The second-order valence-electron chi connectivity index (χ2n) is 3.60. The predicted molar refractivity (Wildman–Crippen MR) is 56.2 cm³/mol. The van der Waals surface area contributed by atoms with Crippen LogP contribution in [0.1, 0.15) is 19.8 Å². The molecule has 2 nitrogen and oxygen atoms in total. The highest BCUT2D eigenvalue weighted by Gasteiger charge is 2.60. The molecule has 1 amide bonds. The lowest BCUT2D eigenvalue weighted by Crippen LogP contribution is -2.48. The van der Waals surface area contributed by atoms with E-state index in [0.29, 0.717) is 6.42 Å². The van der Waals surface area contributed by atoms with E-state index in [1.807, 2.05) is 0 Å². The molecular weight excluding hydrogens is 332 g/mol. The van der Waals surface area contributed by atoms with Crippen molar-refractivity contribution in [2.45, 2.75) is 36.9 Å². The van der Waals surface area contributed by atoms with Crippen molar-refractivity contribution in [3.05, 3.63) is 0 Å².